The number of unbranched alkanes of at least 4 members (excludes halogenated alkanes) is 58. The lowest BCUT2D eigenvalue weighted by atomic mass is 10.00. The van der Waals surface area contributed by atoms with Crippen molar-refractivity contribution >= 4 is 39.5 Å². The van der Waals surface area contributed by atoms with Crippen LogP contribution in [0.2, 0.25) is 0 Å². The Morgan fingerprint density at radius 1 is 0.264 bits per heavy atom. The van der Waals surface area contributed by atoms with Gasteiger partial charge in [0, 0.05) is 25.7 Å². The van der Waals surface area contributed by atoms with E-state index in [-0.39, 0.29) is 25.7 Å². The Morgan fingerprint density at radius 2 is 0.453 bits per heavy atom. The zero-order valence-corrected chi connectivity index (χ0v) is 71.4. The first-order valence-corrected chi connectivity index (χ1v) is 48.2. The van der Waals surface area contributed by atoms with Crippen LogP contribution in [0.4, 0.5) is 0 Å². The molecule has 0 rings (SSSR count). The summed E-state index contributed by atoms with van der Waals surface area (Å²) in [5, 5.41) is 10.7. The highest BCUT2D eigenvalue weighted by atomic mass is 31.2. The molecule has 106 heavy (non-hydrogen) atoms. The predicted molar refractivity (Wildman–Crippen MR) is 437 cm³/mol. The Morgan fingerprint density at radius 3 is 0.670 bits per heavy atom. The van der Waals surface area contributed by atoms with E-state index in [1.165, 1.54) is 289 Å². The van der Waals surface area contributed by atoms with E-state index in [4.69, 9.17) is 37.0 Å². The summed E-state index contributed by atoms with van der Waals surface area (Å²) < 4.78 is 68.9. The van der Waals surface area contributed by atoms with Gasteiger partial charge in [0.1, 0.15) is 19.3 Å². The van der Waals surface area contributed by atoms with Gasteiger partial charge >= 0.3 is 39.5 Å². The van der Waals surface area contributed by atoms with Crippen molar-refractivity contribution in [2.45, 2.75) is 490 Å². The molecular weight excluding hydrogens is 1380 g/mol. The van der Waals surface area contributed by atoms with Crippen molar-refractivity contribution in [2.75, 3.05) is 39.6 Å². The van der Waals surface area contributed by atoms with Gasteiger partial charge in [0.05, 0.1) is 26.4 Å². The number of esters is 4. The Labute approximate surface area is 651 Å². The Kier molecular flexibility index (Phi) is 78.2. The second-order valence-electron chi connectivity index (χ2n) is 31.5. The molecule has 17 nitrogen and oxygen atoms in total. The first-order valence-electron chi connectivity index (χ1n) is 45.2. The molecule has 3 unspecified atom stereocenters. The van der Waals surface area contributed by atoms with E-state index >= 15 is 0 Å². The number of rotatable bonds is 87. The van der Waals surface area contributed by atoms with Crippen LogP contribution in [0, 0.1) is 5.92 Å². The molecule has 0 fully saturated rings. The van der Waals surface area contributed by atoms with Crippen molar-refractivity contribution in [3.05, 3.63) is 0 Å². The largest absolute Gasteiger partial charge is 0.472 e. The number of carbonyl (C=O) groups excluding carboxylic acids is 4. The summed E-state index contributed by atoms with van der Waals surface area (Å²) in [6.45, 7) is 7.33. The van der Waals surface area contributed by atoms with E-state index in [0.717, 1.165) is 102 Å². The number of hydrogen-bond donors (Lipinski definition) is 3. The molecule has 0 bridgehead atoms. The van der Waals surface area contributed by atoms with Crippen LogP contribution < -0.4 is 0 Å². The first kappa shape index (κ1) is 104. The SMILES string of the molecule is CCCCCCCCCCCCCCCCCCCCCCCC(=O)O[C@H](COC(=O)CCCCCCCCCCCCCCCCCCCCCC)COP(=O)(O)OC[C@@H](O)COP(=O)(O)OC[C@@H](COC(=O)CCCCCCCCC(C)CC)OC(=O)CCCCCCCCCCCCCCCCC. The van der Waals surface area contributed by atoms with E-state index in [2.05, 4.69) is 34.6 Å². The van der Waals surface area contributed by atoms with Crippen LogP contribution in [-0.2, 0) is 65.4 Å². The third-order valence-corrected chi connectivity index (χ3v) is 22.8. The molecule has 0 radical (unpaired) electrons. The normalized spacial score (nSPS) is 14.0. The maximum absolute atomic E-state index is 13.2. The van der Waals surface area contributed by atoms with Gasteiger partial charge < -0.3 is 33.8 Å². The molecule has 0 aliphatic heterocycles. The number of phosphoric ester groups is 2. The summed E-state index contributed by atoms with van der Waals surface area (Å²) >= 11 is 0. The lowest BCUT2D eigenvalue weighted by Crippen LogP contribution is -2.30. The number of phosphoric acid groups is 2. The van der Waals surface area contributed by atoms with Gasteiger partial charge in [-0.3, -0.25) is 37.3 Å². The van der Waals surface area contributed by atoms with Crippen LogP contribution in [0.3, 0.4) is 0 Å². The summed E-state index contributed by atoms with van der Waals surface area (Å²) in [4.78, 5) is 73.2. The average Bonchev–Trinajstić information content (AvgIpc) is 0.901. The van der Waals surface area contributed by atoms with Gasteiger partial charge in [0.2, 0.25) is 0 Å². The van der Waals surface area contributed by atoms with Crippen molar-refractivity contribution in [1.29, 1.82) is 0 Å². The summed E-state index contributed by atoms with van der Waals surface area (Å²) in [7, 11) is -9.93. The van der Waals surface area contributed by atoms with Crippen LogP contribution in [0.5, 0.6) is 0 Å². The summed E-state index contributed by atoms with van der Waals surface area (Å²) in [5.74, 6) is -1.37. The van der Waals surface area contributed by atoms with E-state index in [0.29, 0.717) is 25.7 Å². The van der Waals surface area contributed by atoms with E-state index in [9.17, 15) is 43.2 Å². The molecule has 0 spiro atoms. The van der Waals surface area contributed by atoms with Gasteiger partial charge in [0.15, 0.2) is 12.2 Å². The molecule has 0 aliphatic rings. The van der Waals surface area contributed by atoms with E-state index < -0.39 is 97.5 Å². The van der Waals surface area contributed by atoms with Gasteiger partial charge in [-0.25, -0.2) is 9.13 Å². The predicted octanol–water partition coefficient (Wildman–Crippen LogP) is 26.8. The molecule has 0 aromatic carbocycles. The maximum Gasteiger partial charge on any atom is 0.472 e. The molecule has 19 heteroatoms. The van der Waals surface area contributed by atoms with Crippen LogP contribution >= 0.6 is 15.6 Å². The van der Waals surface area contributed by atoms with Crippen molar-refractivity contribution in [2.24, 2.45) is 5.92 Å². The fraction of sp³-hybridized carbons (Fsp3) is 0.954. The lowest BCUT2D eigenvalue weighted by molar-refractivity contribution is -0.161. The smallest absolute Gasteiger partial charge is 0.462 e. The molecule has 0 saturated carbocycles. The number of carbonyl (C=O) groups is 4. The molecule has 630 valence electrons. The van der Waals surface area contributed by atoms with Crippen LogP contribution in [0.25, 0.3) is 0 Å². The molecule has 0 aliphatic carbocycles. The average molecular weight is 1550 g/mol. The fourth-order valence-electron chi connectivity index (χ4n) is 13.6. The van der Waals surface area contributed by atoms with Crippen molar-refractivity contribution in [3.8, 4) is 0 Å². The minimum atomic E-state index is -4.97. The highest BCUT2D eigenvalue weighted by Gasteiger charge is 2.30. The molecule has 0 aromatic heterocycles. The van der Waals surface area contributed by atoms with Crippen molar-refractivity contribution in [3.63, 3.8) is 0 Å². The number of hydrogen-bond acceptors (Lipinski definition) is 15. The van der Waals surface area contributed by atoms with Gasteiger partial charge in [-0.15, -0.1) is 0 Å². The van der Waals surface area contributed by atoms with Gasteiger partial charge in [-0.1, -0.05) is 420 Å². The first-order chi connectivity index (χ1) is 51.6. The summed E-state index contributed by atoms with van der Waals surface area (Å²) in [5.41, 5.74) is 0. The Bertz CT molecular complexity index is 2020. The van der Waals surface area contributed by atoms with Gasteiger partial charge in [0.25, 0.3) is 0 Å². The summed E-state index contributed by atoms with van der Waals surface area (Å²) in [6, 6.07) is 0. The quantitative estimate of drug-likeness (QED) is 0.0222. The number of ether oxygens (including phenoxy) is 4. The third-order valence-electron chi connectivity index (χ3n) is 20.9. The van der Waals surface area contributed by atoms with Crippen molar-refractivity contribution in [1.82, 2.24) is 0 Å². The fourth-order valence-corrected chi connectivity index (χ4v) is 15.2. The maximum atomic E-state index is 13.2. The lowest BCUT2D eigenvalue weighted by Gasteiger charge is -2.21. The molecule has 3 N–H and O–H groups in total. The standard InChI is InChI=1S/C87H170O17P2/c1-6-10-13-16-19-22-25-28-31-33-35-37-39-41-44-47-50-53-56-63-68-72-86(91)103-82(76-97-84(89)70-65-60-54-51-48-45-43-40-38-36-34-32-29-26-23-20-17-14-11-7-2)78-101-105(93,94)99-74-81(88)75-100-106(95,96)102-79-83(77-98-85(90)71-66-61-58-57-59-64-69-80(5)9-4)104-87(92)73-67-62-55-52-49-46-42-30-27-24-21-18-15-12-8-3/h80-83,88H,6-79H2,1-5H3,(H,93,94)(H,95,96)/t80?,81-,82-,83-/m1/s1. The third kappa shape index (κ3) is 78.7. The highest BCUT2D eigenvalue weighted by molar-refractivity contribution is 7.47. The topological polar surface area (TPSA) is 237 Å². The van der Waals surface area contributed by atoms with Crippen molar-refractivity contribution < 1.29 is 80.2 Å². The monoisotopic (exact) mass is 1550 g/mol. The minimum absolute atomic E-state index is 0.108. The van der Waals surface area contributed by atoms with Crippen LogP contribution in [0.15, 0.2) is 0 Å². The van der Waals surface area contributed by atoms with Crippen LogP contribution in [0.1, 0.15) is 471 Å². The molecule has 0 saturated heterocycles. The molecular formula is C87H170O17P2. The minimum Gasteiger partial charge on any atom is -0.462 e. The number of aliphatic hydroxyl groups excluding tert-OH is 1. The zero-order valence-electron chi connectivity index (χ0n) is 69.6. The zero-order chi connectivity index (χ0) is 77.6. The Hall–Kier alpha value is -1.94. The molecule has 6 atom stereocenters. The van der Waals surface area contributed by atoms with E-state index in [1.807, 2.05) is 0 Å². The second-order valence-corrected chi connectivity index (χ2v) is 34.4. The van der Waals surface area contributed by atoms with Gasteiger partial charge in [-0.05, 0) is 31.6 Å². The molecule has 0 amide bonds. The highest BCUT2D eigenvalue weighted by Crippen LogP contribution is 2.45. The Balaban J connectivity index is 5.22. The number of aliphatic hydroxyl groups is 1. The second kappa shape index (κ2) is 79.7. The summed E-state index contributed by atoms with van der Waals surface area (Å²) in [6.07, 6.45) is 73.8. The van der Waals surface area contributed by atoms with Crippen LogP contribution in [-0.4, -0.2) is 96.7 Å². The molecule has 0 aromatic rings. The van der Waals surface area contributed by atoms with E-state index in [1.54, 1.807) is 0 Å². The molecule has 0 heterocycles. The van der Waals surface area contributed by atoms with Gasteiger partial charge in [-0.2, -0.15) is 0 Å².